The Labute approximate surface area is 96.8 Å². The molecule has 0 aliphatic heterocycles. The number of ether oxygens (including phenoxy) is 1. The molecule has 1 amide bonds. The van der Waals surface area contributed by atoms with Crippen LogP contribution < -0.4 is 10.1 Å². The van der Waals surface area contributed by atoms with Gasteiger partial charge in [0.2, 0.25) is 5.91 Å². The third kappa shape index (κ3) is 2.75. The smallest absolute Gasteiger partial charge is 0.227 e. The van der Waals surface area contributed by atoms with Crippen molar-refractivity contribution >= 4 is 11.6 Å². The second-order valence-corrected chi connectivity index (χ2v) is 4.31. The lowest BCUT2D eigenvalue weighted by atomic mass is 10.1. The van der Waals surface area contributed by atoms with Gasteiger partial charge in [0, 0.05) is 5.92 Å². The van der Waals surface area contributed by atoms with Gasteiger partial charge in [0.05, 0.1) is 12.8 Å². The summed E-state index contributed by atoms with van der Waals surface area (Å²) in [4.78, 5) is 11.6. The number of amides is 1. The van der Waals surface area contributed by atoms with E-state index in [1.807, 2.05) is 39.8 Å². The minimum Gasteiger partial charge on any atom is -0.494 e. The Kier molecular flexibility index (Phi) is 3.93. The quantitative estimate of drug-likeness (QED) is 0.852. The molecule has 0 aliphatic carbocycles. The highest BCUT2D eigenvalue weighted by Crippen LogP contribution is 2.30. The average Bonchev–Trinajstić information content (AvgIpc) is 2.16. The first-order valence-corrected chi connectivity index (χ1v) is 5.41. The fourth-order valence-corrected chi connectivity index (χ4v) is 1.60. The van der Waals surface area contributed by atoms with E-state index in [-0.39, 0.29) is 11.8 Å². The van der Waals surface area contributed by atoms with Gasteiger partial charge in [-0.2, -0.15) is 0 Å². The van der Waals surface area contributed by atoms with Gasteiger partial charge in [-0.15, -0.1) is 0 Å². The Morgan fingerprint density at radius 1 is 1.31 bits per heavy atom. The highest BCUT2D eigenvalue weighted by molar-refractivity contribution is 5.93. The summed E-state index contributed by atoms with van der Waals surface area (Å²) in [6.45, 7) is 7.70. The van der Waals surface area contributed by atoms with Crippen molar-refractivity contribution in [1.29, 1.82) is 0 Å². The molecule has 0 unspecified atom stereocenters. The summed E-state index contributed by atoms with van der Waals surface area (Å²) in [5.74, 6) is 0.702. The molecule has 1 aromatic carbocycles. The van der Waals surface area contributed by atoms with Crippen LogP contribution in [0.4, 0.5) is 5.69 Å². The maximum absolute atomic E-state index is 11.6. The van der Waals surface area contributed by atoms with Gasteiger partial charge in [0.25, 0.3) is 0 Å². The topological polar surface area (TPSA) is 38.3 Å². The summed E-state index contributed by atoms with van der Waals surface area (Å²) in [7, 11) is 1.61. The molecule has 0 bridgehead atoms. The number of aryl methyl sites for hydroxylation is 2. The van der Waals surface area contributed by atoms with Crippen LogP contribution in [0.5, 0.6) is 5.75 Å². The first-order valence-electron chi connectivity index (χ1n) is 5.41. The van der Waals surface area contributed by atoms with E-state index < -0.39 is 0 Å². The van der Waals surface area contributed by atoms with Crippen molar-refractivity contribution in [3.05, 3.63) is 23.3 Å². The number of nitrogens with one attached hydrogen (secondary N) is 1. The van der Waals surface area contributed by atoms with Crippen molar-refractivity contribution in [2.75, 3.05) is 12.4 Å². The zero-order valence-electron chi connectivity index (χ0n) is 10.5. The summed E-state index contributed by atoms with van der Waals surface area (Å²) >= 11 is 0. The van der Waals surface area contributed by atoms with E-state index in [1.165, 1.54) is 0 Å². The van der Waals surface area contributed by atoms with Crippen LogP contribution in [0, 0.1) is 19.8 Å². The lowest BCUT2D eigenvalue weighted by Gasteiger charge is -2.14. The first kappa shape index (κ1) is 12.6. The van der Waals surface area contributed by atoms with Gasteiger partial charge in [-0.1, -0.05) is 19.9 Å². The molecule has 3 heteroatoms. The van der Waals surface area contributed by atoms with Gasteiger partial charge >= 0.3 is 0 Å². The van der Waals surface area contributed by atoms with Crippen molar-refractivity contribution in [1.82, 2.24) is 0 Å². The van der Waals surface area contributed by atoms with Gasteiger partial charge in [-0.25, -0.2) is 0 Å². The highest BCUT2D eigenvalue weighted by atomic mass is 16.5. The van der Waals surface area contributed by atoms with Gasteiger partial charge in [0.15, 0.2) is 0 Å². The van der Waals surface area contributed by atoms with E-state index in [0.29, 0.717) is 0 Å². The van der Waals surface area contributed by atoms with Crippen molar-refractivity contribution in [2.45, 2.75) is 27.7 Å². The van der Waals surface area contributed by atoms with Crippen LogP contribution in [0.15, 0.2) is 12.1 Å². The second-order valence-electron chi connectivity index (χ2n) is 4.31. The van der Waals surface area contributed by atoms with Crippen molar-refractivity contribution in [2.24, 2.45) is 5.92 Å². The van der Waals surface area contributed by atoms with Crippen LogP contribution in [0.1, 0.15) is 25.0 Å². The lowest BCUT2D eigenvalue weighted by Crippen LogP contribution is -2.18. The molecule has 1 aromatic rings. The van der Waals surface area contributed by atoms with Crippen LogP contribution in [-0.4, -0.2) is 13.0 Å². The van der Waals surface area contributed by atoms with Crippen LogP contribution in [0.25, 0.3) is 0 Å². The van der Waals surface area contributed by atoms with Gasteiger partial charge in [-0.05, 0) is 31.0 Å². The fraction of sp³-hybridized carbons (Fsp3) is 0.462. The Balaban J connectivity index is 3.07. The van der Waals surface area contributed by atoms with E-state index in [2.05, 4.69) is 5.32 Å². The van der Waals surface area contributed by atoms with Gasteiger partial charge in [0.1, 0.15) is 5.75 Å². The van der Waals surface area contributed by atoms with Gasteiger partial charge in [-0.3, -0.25) is 4.79 Å². The van der Waals surface area contributed by atoms with Crippen LogP contribution >= 0.6 is 0 Å². The molecule has 0 saturated carbocycles. The normalized spacial score (nSPS) is 10.4. The Hall–Kier alpha value is -1.51. The predicted octanol–water partition coefficient (Wildman–Crippen LogP) is 2.91. The van der Waals surface area contributed by atoms with Crippen molar-refractivity contribution in [3.8, 4) is 5.75 Å². The summed E-state index contributed by atoms with van der Waals surface area (Å²) in [5, 5.41) is 2.88. The molecule has 0 saturated heterocycles. The van der Waals surface area contributed by atoms with E-state index >= 15 is 0 Å². The van der Waals surface area contributed by atoms with Crippen molar-refractivity contribution < 1.29 is 9.53 Å². The number of benzene rings is 1. The molecule has 1 rings (SSSR count). The van der Waals surface area contributed by atoms with E-state index in [0.717, 1.165) is 22.6 Å². The number of anilines is 1. The Morgan fingerprint density at radius 3 is 2.44 bits per heavy atom. The summed E-state index contributed by atoms with van der Waals surface area (Å²) in [5.41, 5.74) is 2.89. The van der Waals surface area contributed by atoms with Crippen LogP contribution in [-0.2, 0) is 4.79 Å². The number of hydrogen-bond donors (Lipinski definition) is 1. The molecule has 0 atom stereocenters. The molecule has 0 fully saturated rings. The van der Waals surface area contributed by atoms with Crippen LogP contribution in [0.3, 0.4) is 0 Å². The van der Waals surface area contributed by atoms with Gasteiger partial charge < -0.3 is 10.1 Å². The average molecular weight is 221 g/mol. The number of hydrogen-bond acceptors (Lipinski definition) is 2. The lowest BCUT2D eigenvalue weighted by molar-refractivity contribution is -0.118. The van der Waals surface area contributed by atoms with E-state index in [1.54, 1.807) is 7.11 Å². The maximum atomic E-state index is 11.6. The minimum atomic E-state index is -0.0366. The number of carbonyl (C=O) groups excluding carboxylic acids is 1. The SMILES string of the molecule is COc1c(C)cc(C)cc1NC(=O)C(C)C. The fourth-order valence-electron chi connectivity index (χ4n) is 1.60. The van der Waals surface area contributed by atoms with Crippen LogP contribution in [0.2, 0.25) is 0 Å². The first-order chi connectivity index (χ1) is 7.45. The summed E-state index contributed by atoms with van der Waals surface area (Å²) < 4.78 is 5.30. The molecule has 0 aromatic heterocycles. The summed E-state index contributed by atoms with van der Waals surface area (Å²) in [6.07, 6.45) is 0. The van der Waals surface area contributed by atoms with E-state index in [4.69, 9.17) is 4.74 Å². The third-order valence-corrected chi connectivity index (χ3v) is 2.41. The number of rotatable bonds is 3. The predicted molar refractivity (Wildman–Crippen MR) is 65.9 cm³/mol. The number of methoxy groups -OCH3 is 1. The van der Waals surface area contributed by atoms with E-state index in [9.17, 15) is 4.79 Å². The van der Waals surface area contributed by atoms with Crippen molar-refractivity contribution in [3.63, 3.8) is 0 Å². The number of carbonyl (C=O) groups is 1. The minimum absolute atomic E-state index is 0.00306. The Bertz CT molecular complexity index is 397. The molecule has 3 nitrogen and oxygen atoms in total. The molecule has 88 valence electrons. The maximum Gasteiger partial charge on any atom is 0.227 e. The monoisotopic (exact) mass is 221 g/mol. The molecule has 1 N–H and O–H groups in total. The molecular formula is C13H19NO2. The zero-order chi connectivity index (χ0) is 12.3. The summed E-state index contributed by atoms with van der Waals surface area (Å²) in [6, 6.07) is 3.95. The highest BCUT2D eigenvalue weighted by Gasteiger charge is 2.12. The second kappa shape index (κ2) is 5.01. The largest absolute Gasteiger partial charge is 0.494 e. The molecule has 0 spiro atoms. The molecule has 0 heterocycles. The Morgan fingerprint density at radius 2 is 1.94 bits per heavy atom. The molecule has 0 radical (unpaired) electrons. The third-order valence-electron chi connectivity index (χ3n) is 2.41. The molecular weight excluding hydrogens is 202 g/mol. The standard InChI is InChI=1S/C13H19NO2/c1-8(2)13(15)14-11-7-9(3)6-10(4)12(11)16-5/h6-8H,1-5H3,(H,14,15). The molecule has 0 aliphatic rings. The molecule has 16 heavy (non-hydrogen) atoms. The zero-order valence-corrected chi connectivity index (χ0v) is 10.5.